The van der Waals surface area contributed by atoms with Gasteiger partial charge in [0.15, 0.2) is 5.13 Å². The molecular formula is C22H23N3O2S. The Balaban J connectivity index is 1.51. The SMILES string of the molecule is COc1ccccc1CNc1nc(-c2cc(C)n(Cc3ccco3)c2C)cs1. The molecule has 0 saturated carbocycles. The first-order chi connectivity index (χ1) is 13.7. The highest BCUT2D eigenvalue weighted by Gasteiger charge is 2.15. The van der Waals surface area contributed by atoms with Crippen LogP contribution < -0.4 is 10.1 Å². The van der Waals surface area contributed by atoms with Crippen LogP contribution in [0.15, 0.2) is 58.5 Å². The lowest BCUT2D eigenvalue weighted by atomic mass is 10.2. The van der Waals surface area contributed by atoms with Gasteiger partial charge in [-0.1, -0.05) is 18.2 Å². The van der Waals surface area contributed by atoms with Crippen LogP contribution in [0, 0.1) is 13.8 Å². The van der Waals surface area contributed by atoms with Gasteiger partial charge >= 0.3 is 0 Å². The molecule has 0 atom stereocenters. The Hall–Kier alpha value is -2.99. The number of nitrogens with zero attached hydrogens (tertiary/aromatic N) is 2. The molecule has 0 aliphatic heterocycles. The van der Waals surface area contributed by atoms with E-state index in [1.807, 2.05) is 30.3 Å². The highest BCUT2D eigenvalue weighted by Crippen LogP contribution is 2.31. The lowest BCUT2D eigenvalue weighted by Gasteiger charge is -2.08. The van der Waals surface area contributed by atoms with Gasteiger partial charge in [0.25, 0.3) is 0 Å². The molecule has 3 aromatic heterocycles. The third-order valence-electron chi connectivity index (χ3n) is 4.87. The summed E-state index contributed by atoms with van der Waals surface area (Å²) >= 11 is 1.62. The van der Waals surface area contributed by atoms with Crippen LogP contribution in [-0.4, -0.2) is 16.7 Å². The maximum atomic E-state index is 5.50. The van der Waals surface area contributed by atoms with Gasteiger partial charge in [-0.3, -0.25) is 0 Å². The van der Waals surface area contributed by atoms with E-state index in [-0.39, 0.29) is 0 Å². The molecule has 0 bridgehead atoms. The number of thiazole rings is 1. The van der Waals surface area contributed by atoms with Gasteiger partial charge in [-0.05, 0) is 38.1 Å². The van der Waals surface area contributed by atoms with Crippen molar-refractivity contribution in [3.05, 3.63) is 76.8 Å². The highest BCUT2D eigenvalue weighted by atomic mass is 32.1. The summed E-state index contributed by atoms with van der Waals surface area (Å²) < 4.78 is 13.2. The number of ether oxygens (including phenoxy) is 1. The van der Waals surface area contributed by atoms with Gasteiger partial charge in [-0.25, -0.2) is 4.98 Å². The lowest BCUT2D eigenvalue weighted by molar-refractivity contribution is 0.410. The van der Waals surface area contributed by atoms with Crippen molar-refractivity contribution < 1.29 is 9.15 Å². The van der Waals surface area contributed by atoms with Crippen molar-refractivity contribution in [2.45, 2.75) is 26.9 Å². The van der Waals surface area contributed by atoms with Crippen LogP contribution >= 0.6 is 11.3 Å². The summed E-state index contributed by atoms with van der Waals surface area (Å²) in [7, 11) is 1.69. The molecule has 4 aromatic rings. The van der Waals surface area contributed by atoms with Crippen molar-refractivity contribution in [3.63, 3.8) is 0 Å². The van der Waals surface area contributed by atoms with Crippen LogP contribution in [0.3, 0.4) is 0 Å². The van der Waals surface area contributed by atoms with E-state index in [1.165, 1.54) is 11.4 Å². The number of nitrogens with one attached hydrogen (secondary N) is 1. The van der Waals surface area contributed by atoms with Crippen LogP contribution in [-0.2, 0) is 13.1 Å². The number of hydrogen-bond donors (Lipinski definition) is 1. The number of hydrogen-bond acceptors (Lipinski definition) is 5. The van der Waals surface area contributed by atoms with E-state index in [1.54, 1.807) is 24.7 Å². The quantitative estimate of drug-likeness (QED) is 0.451. The number of aromatic nitrogens is 2. The molecule has 144 valence electrons. The van der Waals surface area contributed by atoms with Crippen LogP contribution in [0.1, 0.15) is 22.7 Å². The number of benzene rings is 1. The molecular weight excluding hydrogens is 370 g/mol. The minimum Gasteiger partial charge on any atom is -0.496 e. The van der Waals surface area contributed by atoms with Gasteiger partial charge in [-0.2, -0.15) is 0 Å². The van der Waals surface area contributed by atoms with E-state index in [2.05, 4.69) is 41.2 Å². The Morgan fingerprint density at radius 2 is 2.04 bits per heavy atom. The molecule has 0 radical (unpaired) electrons. The van der Waals surface area contributed by atoms with Crippen molar-refractivity contribution >= 4 is 16.5 Å². The number of anilines is 1. The first-order valence-electron chi connectivity index (χ1n) is 9.16. The van der Waals surface area contributed by atoms with Gasteiger partial charge in [0.05, 0.1) is 25.6 Å². The van der Waals surface area contributed by atoms with Crippen molar-refractivity contribution in [2.24, 2.45) is 0 Å². The van der Waals surface area contributed by atoms with Gasteiger partial charge in [0, 0.05) is 34.4 Å². The minimum atomic E-state index is 0.675. The number of rotatable bonds is 7. The van der Waals surface area contributed by atoms with Crippen molar-refractivity contribution in [1.82, 2.24) is 9.55 Å². The van der Waals surface area contributed by atoms with E-state index in [0.29, 0.717) is 6.54 Å². The first kappa shape index (κ1) is 18.4. The monoisotopic (exact) mass is 393 g/mol. The van der Waals surface area contributed by atoms with Crippen LogP contribution in [0.25, 0.3) is 11.3 Å². The van der Waals surface area contributed by atoms with E-state index in [9.17, 15) is 0 Å². The second-order valence-electron chi connectivity index (χ2n) is 6.65. The Kier molecular flexibility index (Phi) is 5.21. The number of methoxy groups -OCH3 is 1. The Morgan fingerprint density at radius 1 is 1.18 bits per heavy atom. The van der Waals surface area contributed by atoms with Gasteiger partial charge in [0.1, 0.15) is 11.5 Å². The summed E-state index contributed by atoms with van der Waals surface area (Å²) in [6.07, 6.45) is 1.71. The molecule has 5 nitrogen and oxygen atoms in total. The maximum absolute atomic E-state index is 5.50. The standard InChI is InChI=1S/C22H23N3O2S/c1-15-11-19(16(2)25(15)13-18-8-6-10-27-18)20-14-28-22(24-20)23-12-17-7-4-5-9-21(17)26-3/h4-11,14H,12-13H2,1-3H3,(H,23,24). The summed E-state index contributed by atoms with van der Waals surface area (Å²) in [5.74, 6) is 1.83. The smallest absolute Gasteiger partial charge is 0.183 e. The highest BCUT2D eigenvalue weighted by molar-refractivity contribution is 7.14. The van der Waals surface area contributed by atoms with E-state index >= 15 is 0 Å². The summed E-state index contributed by atoms with van der Waals surface area (Å²) in [6.45, 7) is 5.65. The average molecular weight is 394 g/mol. The Morgan fingerprint density at radius 3 is 2.82 bits per heavy atom. The number of furan rings is 1. The van der Waals surface area contributed by atoms with Crippen LogP contribution in [0.4, 0.5) is 5.13 Å². The predicted octanol–water partition coefficient (Wildman–Crippen LogP) is 5.49. The molecule has 0 spiro atoms. The molecule has 1 aromatic carbocycles. The molecule has 4 rings (SSSR count). The predicted molar refractivity (Wildman–Crippen MR) is 113 cm³/mol. The van der Waals surface area contributed by atoms with Crippen molar-refractivity contribution in [3.8, 4) is 17.0 Å². The lowest BCUT2D eigenvalue weighted by Crippen LogP contribution is -2.03. The molecule has 28 heavy (non-hydrogen) atoms. The molecule has 6 heteroatoms. The largest absolute Gasteiger partial charge is 0.496 e. The second-order valence-corrected chi connectivity index (χ2v) is 7.51. The fraction of sp³-hybridized carbons (Fsp3) is 0.227. The third kappa shape index (κ3) is 3.68. The summed E-state index contributed by atoms with van der Waals surface area (Å²) in [5.41, 5.74) is 5.64. The number of aryl methyl sites for hydroxylation is 1. The number of para-hydroxylation sites is 1. The molecule has 0 unspecified atom stereocenters. The molecule has 3 heterocycles. The fourth-order valence-corrected chi connectivity index (χ4v) is 4.07. The van der Waals surface area contributed by atoms with Crippen molar-refractivity contribution in [2.75, 3.05) is 12.4 Å². The zero-order valence-electron chi connectivity index (χ0n) is 16.2. The van der Waals surface area contributed by atoms with E-state index in [4.69, 9.17) is 14.1 Å². The molecule has 0 fully saturated rings. The average Bonchev–Trinajstić information content (AvgIpc) is 3.44. The van der Waals surface area contributed by atoms with Gasteiger partial charge < -0.3 is 19.0 Å². The zero-order valence-corrected chi connectivity index (χ0v) is 17.0. The van der Waals surface area contributed by atoms with Gasteiger partial charge in [-0.15, -0.1) is 11.3 Å². The topological polar surface area (TPSA) is 52.2 Å². The molecule has 1 N–H and O–H groups in total. The van der Waals surface area contributed by atoms with E-state index in [0.717, 1.165) is 40.0 Å². The minimum absolute atomic E-state index is 0.675. The summed E-state index contributed by atoms with van der Waals surface area (Å²) in [4.78, 5) is 4.79. The molecule has 0 aliphatic rings. The molecule has 0 amide bonds. The van der Waals surface area contributed by atoms with Gasteiger partial charge in [0.2, 0.25) is 0 Å². The first-order valence-corrected chi connectivity index (χ1v) is 10.0. The normalized spacial score (nSPS) is 11.0. The van der Waals surface area contributed by atoms with Crippen LogP contribution in [0.2, 0.25) is 0 Å². The fourth-order valence-electron chi connectivity index (χ4n) is 3.36. The second kappa shape index (κ2) is 7.94. The summed E-state index contributed by atoms with van der Waals surface area (Å²) in [5, 5.41) is 6.41. The Labute approximate surface area is 168 Å². The van der Waals surface area contributed by atoms with E-state index < -0.39 is 0 Å². The molecule has 0 saturated heterocycles. The Bertz CT molecular complexity index is 1060. The maximum Gasteiger partial charge on any atom is 0.183 e. The zero-order chi connectivity index (χ0) is 19.5. The summed E-state index contributed by atoms with van der Waals surface area (Å²) in [6, 6.07) is 14.1. The van der Waals surface area contributed by atoms with Crippen molar-refractivity contribution in [1.29, 1.82) is 0 Å². The molecule has 0 aliphatic carbocycles. The third-order valence-corrected chi connectivity index (χ3v) is 5.67. The van der Waals surface area contributed by atoms with Crippen LogP contribution in [0.5, 0.6) is 5.75 Å².